The van der Waals surface area contributed by atoms with Crippen molar-refractivity contribution in [1.29, 1.82) is 0 Å². The second-order valence-electron chi connectivity index (χ2n) is 3.95. The van der Waals surface area contributed by atoms with Crippen LogP contribution in [0.3, 0.4) is 0 Å². The Labute approximate surface area is 107 Å². The van der Waals surface area contributed by atoms with Gasteiger partial charge in [-0.1, -0.05) is 6.07 Å². The van der Waals surface area contributed by atoms with E-state index in [9.17, 15) is 4.79 Å². The van der Waals surface area contributed by atoms with Gasteiger partial charge in [-0.25, -0.2) is 0 Å². The molecule has 1 unspecified atom stereocenters. The molecule has 17 heavy (non-hydrogen) atoms. The van der Waals surface area contributed by atoms with Gasteiger partial charge >= 0.3 is 0 Å². The van der Waals surface area contributed by atoms with Crippen molar-refractivity contribution in [1.82, 2.24) is 5.32 Å². The quantitative estimate of drug-likeness (QED) is 0.871. The van der Waals surface area contributed by atoms with E-state index in [1.165, 1.54) is 0 Å². The number of hydrogen-bond donors (Lipinski definition) is 1. The number of anilines is 1. The van der Waals surface area contributed by atoms with E-state index >= 15 is 0 Å². The molecule has 0 aliphatic carbocycles. The zero-order valence-corrected chi connectivity index (χ0v) is 10.8. The van der Waals surface area contributed by atoms with E-state index in [0.29, 0.717) is 6.54 Å². The van der Waals surface area contributed by atoms with Crippen LogP contribution in [0.2, 0.25) is 0 Å². The number of hydrogen-bond acceptors (Lipinski definition) is 3. The number of rotatable bonds is 2. The van der Waals surface area contributed by atoms with E-state index < -0.39 is 0 Å². The second-order valence-corrected chi connectivity index (χ2v) is 3.95. The Morgan fingerprint density at radius 1 is 1.47 bits per heavy atom. The zero-order chi connectivity index (χ0) is 11.5. The van der Waals surface area contributed by atoms with Crippen molar-refractivity contribution in [2.75, 3.05) is 25.1 Å². The molecule has 1 aromatic carbocycles. The summed E-state index contributed by atoms with van der Waals surface area (Å²) < 4.78 is 5.16. The normalized spacial score (nSPS) is 19.8. The summed E-state index contributed by atoms with van der Waals surface area (Å²) in [5.41, 5.74) is 0.901. The van der Waals surface area contributed by atoms with Crippen LogP contribution >= 0.6 is 12.4 Å². The number of nitrogens with one attached hydrogen (secondary N) is 1. The van der Waals surface area contributed by atoms with Gasteiger partial charge in [-0.15, -0.1) is 12.4 Å². The van der Waals surface area contributed by atoms with Crippen LogP contribution in [0.5, 0.6) is 5.75 Å². The van der Waals surface area contributed by atoms with E-state index in [1.807, 2.05) is 36.1 Å². The van der Waals surface area contributed by atoms with Gasteiger partial charge in [-0.3, -0.25) is 4.79 Å². The van der Waals surface area contributed by atoms with E-state index in [4.69, 9.17) is 4.74 Å². The molecule has 1 aliphatic rings. The van der Waals surface area contributed by atoms with Gasteiger partial charge in [-0.2, -0.15) is 0 Å². The van der Waals surface area contributed by atoms with Gasteiger partial charge < -0.3 is 15.0 Å². The second kappa shape index (κ2) is 5.89. The fourth-order valence-corrected chi connectivity index (χ4v) is 1.97. The molecule has 1 atom stereocenters. The fourth-order valence-electron chi connectivity index (χ4n) is 1.97. The molecule has 0 spiro atoms. The standard InChI is InChI=1S/C12H16N2O2.ClH/c1-9-7-13-8-12(15)14(9)10-4-3-5-11(6-10)16-2;/h3-6,9,13H,7-8H2,1-2H3;1H. The lowest BCUT2D eigenvalue weighted by Crippen LogP contribution is -2.53. The predicted octanol–water partition coefficient (Wildman–Crippen LogP) is 1.44. The summed E-state index contributed by atoms with van der Waals surface area (Å²) in [5, 5.41) is 3.09. The van der Waals surface area contributed by atoms with Gasteiger partial charge in [0.25, 0.3) is 0 Å². The molecule has 1 aliphatic heterocycles. The third-order valence-corrected chi connectivity index (χ3v) is 2.76. The number of ether oxygens (including phenoxy) is 1. The molecule has 1 saturated heterocycles. The minimum Gasteiger partial charge on any atom is -0.497 e. The highest BCUT2D eigenvalue weighted by Crippen LogP contribution is 2.23. The first-order valence-electron chi connectivity index (χ1n) is 5.39. The Kier molecular flexibility index (Phi) is 4.78. The van der Waals surface area contributed by atoms with Crippen LogP contribution in [-0.2, 0) is 4.79 Å². The van der Waals surface area contributed by atoms with Crippen molar-refractivity contribution >= 4 is 24.0 Å². The third-order valence-electron chi connectivity index (χ3n) is 2.76. The van der Waals surface area contributed by atoms with Gasteiger partial charge in [0.15, 0.2) is 0 Å². The Hall–Kier alpha value is -1.26. The maximum Gasteiger partial charge on any atom is 0.241 e. The van der Waals surface area contributed by atoms with E-state index in [0.717, 1.165) is 18.0 Å². The van der Waals surface area contributed by atoms with Crippen molar-refractivity contribution in [2.45, 2.75) is 13.0 Å². The summed E-state index contributed by atoms with van der Waals surface area (Å²) in [4.78, 5) is 13.6. The number of carbonyl (C=O) groups is 1. The first-order valence-corrected chi connectivity index (χ1v) is 5.39. The summed E-state index contributed by atoms with van der Waals surface area (Å²) >= 11 is 0. The molecule has 1 aromatic rings. The lowest BCUT2D eigenvalue weighted by Gasteiger charge is -2.34. The third kappa shape index (κ3) is 2.90. The van der Waals surface area contributed by atoms with Gasteiger partial charge in [0.1, 0.15) is 5.75 Å². The molecule has 94 valence electrons. The van der Waals surface area contributed by atoms with Crippen molar-refractivity contribution in [2.24, 2.45) is 0 Å². The Bertz CT molecular complexity index is 398. The summed E-state index contributed by atoms with van der Waals surface area (Å²) in [5.74, 6) is 0.878. The van der Waals surface area contributed by atoms with Crippen LogP contribution in [0, 0.1) is 0 Å². The highest BCUT2D eigenvalue weighted by molar-refractivity contribution is 5.96. The van der Waals surface area contributed by atoms with Crippen LogP contribution in [0.15, 0.2) is 24.3 Å². The minimum absolute atomic E-state index is 0. The molecule has 4 nitrogen and oxygen atoms in total. The first kappa shape index (κ1) is 13.8. The van der Waals surface area contributed by atoms with Gasteiger partial charge in [-0.05, 0) is 19.1 Å². The van der Waals surface area contributed by atoms with Crippen LogP contribution in [0.4, 0.5) is 5.69 Å². The molecule has 0 saturated carbocycles. The van der Waals surface area contributed by atoms with Crippen LogP contribution in [0.25, 0.3) is 0 Å². The topological polar surface area (TPSA) is 41.6 Å². The Morgan fingerprint density at radius 2 is 2.24 bits per heavy atom. The monoisotopic (exact) mass is 256 g/mol. The summed E-state index contributed by atoms with van der Waals surface area (Å²) in [7, 11) is 1.63. The molecular weight excluding hydrogens is 240 g/mol. The Balaban J connectivity index is 0.00000144. The number of amides is 1. The van der Waals surface area contributed by atoms with Crippen LogP contribution in [-0.4, -0.2) is 32.1 Å². The molecule has 1 amide bonds. The minimum atomic E-state index is 0. The molecular formula is C12H17ClN2O2. The highest BCUT2D eigenvalue weighted by Gasteiger charge is 2.25. The van der Waals surface area contributed by atoms with E-state index in [2.05, 4.69) is 5.32 Å². The van der Waals surface area contributed by atoms with E-state index in [1.54, 1.807) is 7.11 Å². The predicted molar refractivity (Wildman–Crippen MR) is 70.1 cm³/mol. The van der Waals surface area contributed by atoms with Crippen molar-refractivity contribution < 1.29 is 9.53 Å². The van der Waals surface area contributed by atoms with E-state index in [-0.39, 0.29) is 24.4 Å². The number of carbonyl (C=O) groups excluding carboxylic acids is 1. The molecule has 1 fully saturated rings. The molecule has 2 rings (SSSR count). The number of methoxy groups -OCH3 is 1. The Morgan fingerprint density at radius 3 is 2.88 bits per heavy atom. The molecule has 1 N–H and O–H groups in total. The van der Waals surface area contributed by atoms with Crippen LogP contribution < -0.4 is 15.0 Å². The average molecular weight is 257 g/mol. The number of benzene rings is 1. The molecule has 1 heterocycles. The van der Waals surface area contributed by atoms with Gasteiger partial charge in [0.05, 0.1) is 13.7 Å². The summed E-state index contributed by atoms with van der Waals surface area (Å²) in [6.07, 6.45) is 0. The van der Waals surface area contributed by atoms with Crippen molar-refractivity contribution in [3.05, 3.63) is 24.3 Å². The lowest BCUT2D eigenvalue weighted by atomic mass is 10.1. The number of halogens is 1. The van der Waals surface area contributed by atoms with Gasteiger partial charge in [0.2, 0.25) is 5.91 Å². The molecule has 0 aromatic heterocycles. The highest BCUT2D eigenvalue weighted by atomic mass is 35.5. The van der Waals surface area contributed by atoms with Gasteiger partial charge in [0, 0.05) is 24.3 Å². The largest absolute Gasteiger partial charge is 0.497 e. The van der Waals surface area contributed by atoms with Crippen LogP contribution in [0.1, 0.15) is 6.92 Å². The lowest BCUT2D eigenvalue weighted by molar-refractivity contribution is -0.119. The fraction of sp³-hybridized carbons (Fsp3) is 0.417. The molecule has 0 bridgehead atoms. The maximum absolute atomic E-state index is 11.8. The summed E-state index contributed by atoms with van der Waals surface area (Å²) in [6, 6.07) is 7.77. The van der Waals surface area contributed by atoms with Crippen molar-refractivity contribution in [3.63, 3.8) is 0 Å². The molecule has 0 radical (unpaired) electrons. The number of nitrogens with zero attached hydrogens (tertiary/aromatic N) is 1. The zero-order valence-electron chi connectivity index (χ0n) is 9.97. The maximum atomic E-state index is 11.8. The average Bonchev–Trinajstić information content (AvgIpc) is 2.29. The SMILES string of the molecule is COc1cccc(N2C(=O)CNCC2C)c1.Cl. The molecule has 5 heteroatoms. The number of piperazine rings is 1. The first-order chi connectivity index (χ1) is 7.72. The summed E-state index contributed by atoms with van der Waals surface area (Å²) in [6.45, 7) is 3.26. The van der Waals surface area contributed by atoms with Crippen molar-refractivity contribution in [3.8, 4) is 5.75 Å². The smallest absolute Gasteiger partial charge is 0.241 e.